The van der Waals surface area contributed by atoms with Gasteiger partial charge in [0.05, 0.1) is 13.7 Å². The van der Waals surface area contributed by atoms with Gasteiger partial charge in [0.1, 0.15) is 11.5 Å². The smallest absolute Gasteiger partial charge is 0.258 e. The number of nitrogens with one attached hydrogen (secondary N) is 2. The highest BCUT2D eigenvalue weighted by molar-refractivity contribution is 5.94. The van der Waals surface area contributed by atoms with Crippen LogP contribution in [0.25, 0.3) is 0 Å². The Bertz CT molecular complexity index is 641. The first-order chi connectivity index (χ1) is 11.2. The summed E-state index contributed by atoms with van der Waals surface area (Å²) in [5.41, 5.74) is 0.630. The van der Waals surface area contributed by atoms with Crippen LogP contribution in [-0.4, -0.2) is 32.1 Å². The Morgan fingerprint density at radius 3 is 2.26 bits per heavy atom. The van der Waals surface area contributed by atoms with Crippen molar-refractivity contribution < 1.29 is 19.1 Å². The molecule has 0 saturated heterocycles. The van der Waals surface area contributed by atoms with Gasteiger partial charge in [0, 0.05) is 5.69 Å². The quantitative estimate of drug-likeness (QED) is 0.817. The van der Waals surface area contributed by atoms with E-state index in [1.54, 1.807) is 43.5 Å². The van der Waals surface area contributed by atoms with Gasteiger partial charge in [0.25, 0.3) is 5.91 Å². The van der Waals surface area contributed by atoms with E-state index in [1.807, 2.05) is 18.2 Å². The average molecular weight is 314 g/mol. The molecule has 120 valence electrons. The standard InChI is InChI=1S/C17H18N2O4/c1-22-14-9-7-13(8-10-14)19-16(20)11-18-17(21)12-23-15-5-3-2-4-6-15/h2-10H,11-12H2,1H3,(H,18,21)(H,19,20). The summed E-state index contributed by atoms with van der Waals surface area (Å²) in [7, 11) is 1.57. The molecule has 6 nitrogen and oxygen atoms in total. The Labute approximate surface area is 134 Å². The molecule has 2 rings (SSSR count). The summed E-state index contributed by atoms with van der Waals surface area (Å²) in [6.07, 6.45) is 0. The summed E-state index contributed by atoms with van der Waals surface area (Å²) in [6, 6.07) is 15.9. The van der Waals surface area contributed by atoms with Crippen LogP contribution < -0.4 is 20.1 Å². The molecule has 0 aromatic heterocycles. The number of carbonyl (C=O) groups excluding carboxylic acids is 2. The van der Waals surface area contributed by atoms with E-state index in [0.29, 0.717) is 17.2 Å². The Kier molecular flexibility index (Phi) is 5.99. The van der Waals surface area contributed by atoms with E-state index < -0.39 is 0 Å². The monoisotopic (exact) mass is 314 g/mol. The van der Waals surface area contributed by atoms with Crippen LogP contribution in [0.2, 0.25) is 0 Å². The van der Waals surface area contributed by atoms with Crippen LogP contribution in [0, 0.1) is 0 Å². The minimum atomic E-state index is -0.362. The minimum Gasteiger partial charge on any atom is -0.497 e. The summed E-state index contributed by atoms with van der Waals surface area (Å²) in [5, 5.41) is 5.17. The molecule has 0 unspecified atom stereocenters. The van der Waals surface area contributed by atoms with Gasteiger partial charge >= 0.3 is 0 Å². The molecular formula is C17H18N2O4. The number of rotatable bonds is 7. The zero-order valence-corrected chi connectivity index (χ0v) is 12.7. The van der Waals surface area contributed by atoms with Crippen LogP contribution >= 0.6 is 0 Å². The largest absolute Gasteiger partial charge is 0.497 e. The first-order valence-electron chi connectivity index (χ1n) is 7.06. The summed E-state index contributed by atoms with van der Waals surface area (Å²) in [6.45, 7) is -0.261. The summed E-state index contributed by atoms with van der Waals surface area (Å²) < 4.78 is 10.3. The number of para-hydroxylation sites is 1. The Morgan fingerprint density at radius 2 is 1.61 bits per heavy atom. The van der Waals surface area contributed by atoms with Crippen LogP contribution in [0.15, 0.2) is 54.6 Å². The summed E-state index contributed by atoms with van der Waals surface area (Å²) in [4.78, 5) is 23.4. The number of carbonyl (C=O) groups is 2. The van der Waals surface area contributed by atoms with Crippen LogP contribution in [0.3, 0.4) is 0 Å². The van der Waals surface area contributed by atoms with Gasteiger partial charge in [-0.3, -0.25) is 9.59 Å². The van der Waals surface area contributed by atoms with Crippen molar-refractivity contribution in [2.24, 2.45) is 0 Å². The molecule has 0 aliphatic carbocycles. The lowest BCUT2D eigenvalue weighted by molar-refractivity contribution is -0.125. The molecule has 0 heterocycles. The third kappa shape index (κ3) is 5.70. The summed E-state index contributed by atoms with van der Waals surface area (Å²) >= 11 is 0. The number of anilines is 1. The Balaban J connectivity index is 1.69. The van der Waals surface area contributed by atoms with E-state index in [-0.39, 0.29) is 25.0 Å². The van der Waals surface area contributed by atoms with Gasteiger partial charge in [0.15, 0.2) is 6.61 Å². The van der Waals surface area contributed by atoms with Gasteiger partial charge < -0.3 is 20.1 Å². The van der Waals surface area contributed by atoms with Crippen molar-refractivity contribution in [3.8, 4) is 11.5 Å². The second-order valence-corrected chi connectivity index (χ2v) is 4.66. The molecule has 6 heteroatoms. The van der Waals surface area contributed by atoms with Crippen molar-refractivity contribution in [2.45, 2.75) is 0 Å². The maximum Gasteiger partial charge on any atom is 0.258 e. The lowest BCUT2D eigenvalue weighted by Crippen LogP contribution is -2.35. The zero-order chi connectivity index (χ0) is 16.5. The second kappa shape index (κ2) is 8.43. The van der Waals surface area contributed by atoms with Crippen molar-refractivity contribution in [1.29, 1.82) is 0 Å². The molecule has 0 spiro atoms. The van der Waals surface area contributed by atoms with Gasteiger partial charge in [-0.25, -0.2) is 0 Å². The minimum absolute atomic E-state index is 0.122. The second-order valence-electron chi connectivity index (χ2n) is 4.66. The number of hydrogen-bond donors (Lipinski definition) is 2. The number of ether oxygens (including phenoxy) is 2. The van der Waals surface area contributed by atoms with E-state index >= 15 is 0 Å². The molecule has 23 heavy (non-hydrogen) atoms. The van der Waals surface area contributed by atoms with Crippen molar-refractivity contribution in [1.82, 2.24) is 5.32 Å². The normalized spacial score (nSPS) is 9.78. The fourth-order valence-electron chi connectivity index (χ4n) is 1.78. The third-order valence-corrected chi connectivity index (χ3v) is 2.93. The van der Waals surface area contributed by atoms with E-state index in [4.69, 9.17) is 9.47 Å². The number of hydrogen-bond acceptors (Lipinski definition) is 4. The van der Waals surface area contributed by atoms with E-state index in [2.05, 4.69) is 10.6 Å². The van der Waals surface area contributed by atoms with Gasteiger partial charge in [-0.05, 0) is 36.4 Å². The molecule has 2 N–H and O–H groups in total. The van der Waals surface area contributed by atoms with E-state index in [0.717, 1.165) is 0 Å². The average Bonchev–Trinajstić information content (AvgIpc) is 2.60. The fraction of sp³-hybridized carbons (Fsp3) is 0.176. The van der Waals surface area contributed by atoms with E-state index in [9.17, 15) is 9.59 Å². The zero-order valence-electron chi connectivity index (χ0n) is 12.7. The molecule has 2 aromatic rings. The molecule has 2 aromatic carbocycles. The fourth-order valence-corrected chi connectivity index (χ4v) is 1.78. The lowest BCUT2D eigenvalue weighted by atomic mass is 10.3. The van der Waals surface area contributed by atoms with Crippen LogP contribution in [-0.2, 0) is 9.59 Å². The predicted molar refractivity (Wildman–Crippen MR) is 86.6 cm³/mol. The third-order valence-electron chi connectivity index (χ3n) is 2.93. The topological polar surface area (TPSA) is 76.7 Å². The van der Waals surface area contributed by atoms with Gasteiger partial charge in [-0.15, -0.1) is 0 Å². The molecular weight excluding hydrogens is 296 g/mol. The number of methoxy groups -OCH3 is 1. The van der Waals surface area contributed by atoms with Gasteiger partial charge in [0.2, 0.25) is 5.91 Å². The van der Waals surface area contributed by atoms with Crippen LogP contribution in [0.1, 0.15) is 0 Å². The maximum atomic E-state index is 11.7. The van der Waals surface area contributed by atoms with Crippen molar-refractivity contribution >= 4 is 17.5 Å². The molecule has 0 bridgehead atoms. The maximum absolute atomic E-state index is 11.7. The molecule has 0 fully saturated rings. The lowest BCUT2D eigenvalue weighted by Gasteiger charge is -2.08. The molecule has 2 amide bonds. The Morgan fingerprint density at radius 1 is 0.913 bits per heavy atom. The first-order valence-corrected chi connectivity index (χ1v) is 7.06. The summed E-state index contributed by atoms with van der Waals surface area (Å²) in [5.74, 6) is 0.627. The first kappa shape index (κ1) is 16.4. The Hall–Kier alpha value is -3.02. The predicted octanol–water partition coefficient (Wildman–Crippen LogP) is 1.83. The van der Waals surface area contributed by atoms with Crippen molar-refractivity contribution in [3.63, 3.8) is 0 Å². The van der Waals surface area contributed by atoms with Gasteiger partial charge in [-0.2, -0.15) is 0 Å². The van der Waals surface area contributed by atoms with Crippen LogP contribution in [0.4, 0.5) is 5.69 Å². The number of benzene rings is 2. The van der Waals surface area contributed by atoms with E-state index in [1.165, 1.54) is 0 Å². The molecule has 0 aliphatic rings. The number of amides is 2. The molecule has 0 saturated carbocycles. The van der Waals surface area contributed by atoms with Gasteiger partial charge in [-0.1, -0.05) is 18.2 Å². The van der Waals surface area contributed by atoms with Crippen molar-refractivity contribution in [2.75, 3.05) is 25.6 Å². The molecule has 0 aliphatic heterocycles. The van der Waals surface area contributed by atoms with Crippen LogP contribution in [0.5, 0.6) is 11.5 Å². The molecule has 0 atom stereocenters. The highest BCUT2D eigenvalue weighted by atomic mass is 16.5. The molecule has 0 radical (unpaired) electrons. The van der Waals surface area contributed by atoms with Crippen molar-refractivity contribution in [3.05, 3.63) is 54.6 Å². The highest BCUT2D eigenvalue weighted by Crippen LogP contribution is 2.14. The SMILES string of the molecule is COc1ccc(NC(=O)CNC(=O)COc2ccccc2)cc1. The highest BCUT2D eigenvalue weighted by Gasteiger charge is 2.07.